The van der Waals surface area contributed by atoms with Crippen molar-refractivity contribution in [3.05, 3.63) is 22.2 Å². The van der Waals surface area contributed by atoms with Crippen LogP contribution in [-0.4, -0.2) is 37.8 Å². The summed E-state index contributed by atoms with van der Waals surface area (Å²) in [5.41, 5.74) is 5.69. The molecule has 6 nitrogen and oxygen atoms in total. The summed E-state index contributed by atoms with van der Waals surface area (Å²) >= 11 is 11.8. The fraction of sp³-hybridized carbons (Fsp3) is 0.417. The Kier molecular flexibility index (Phi) is 4.67. The van der Waals surface area contributed by atoms with Crippen LogP contribution in [-0.2, 0) is 14.8 Å². The Balaban J connectivity index is 2.51. The van der Waals surface area contributed by atoms with E-state index in [0.29, 0.717) is 6.42 Å². The Hall–Kier alpha value is -1.02. The van der Waals surface area contributed by atoms with Gasteiger partial charge < -0.3 is 11.1 Å². The number of nitrogen functional groups attached to an aromatic ring is 1. The first-order chi connectivity index (χ1) is 9.80. The van der Waals surface area contributed by atoms with E-state index in [1.165, 1.54) is 12.1 Å². The van der Waals surface area contributed by atoms with Gasteiger partial charge in [-0.1, -0.05) is 30.1 Å². The van der Waals surface area contributed by atoms with E-state index in [1.54, 1.807) is 6.92 Å². The highest BCUT2D eigenvalue weighted by atomic mass is 35.5. The van der Waals surface area contributed by atoms with Crippen LogP contribution in [0.2, 0.25) is 10.0 Å². The number of nitrogens with two attached hydrogens (primary N) is 1. The number of nitrogens with zero attached hydrogens (tertiary/aromatic N) is 1. The van der Waals surface area contributed by atoms with E-state index in [-0.39, 0.29) is 39.6 Å². The smallest absolute Gasteiger partial charge is 0.245 e. The summed E-state index contributed by atoms with van der Waals surface area (Å²) in [5.74, 6) is -0.314. The van der Waals surface area contributed by atoms with Crippen LogP contribution >= 0.6 is 23.2 Å². The van der Waals surface area contributed by atoms with Crippen molar-refractivity contribution < 1.29 is 13.2 Å². The largest absolute Gasteiger partial charge is 0.396 e. The highest BCUT2D eigenvalue weighted by Crippen LogP contribution is 2.35. The van der Waals surface area contributed by atoms with Crippen molar-refractivity contribution in [1.82, 2.24) is 9.62 Å². The van der Waals surface area contributed by atoms with Crippen LogP contribution < -0.4 is 11.1 Å². The molecule has 1 fully saturated rings. The maximum absolute atomic E-state index is 12.7. The molecule has 1 heterocycles. The number of hydrogen-bond acceptors (Lipinski definition) is 4. The SMILES string of the molecule is CCC1C(=O)NCCN1S(=O)(=O)c1ccc(Cl)c(N)c1Cl. The van der Waals surface area contributed by atoms with Crippen molar-refractivity contribution in [2.24, 2.45) is 0 Å². The molecule has 3 N–H and O–H groups in total. The lowest BCUT2D eigenvalue weighted by atomic mass is 10.2. The van der Waals surface area contributed by atoms with Crippen molar-refractivity contribution in [2.75, 3.05) is 18.8 Å². The summed E-state index contributed by atoms with van der Waals surface area (Å²) < 4.78 is 26.7. The van der Waals surface area contributed by atoms with Gasteiger partial charge in [-0.05, 0) is 18.6 Å². The minimum Gasteiger partial charge on any atom is -0.396 e. The summed E-state index contributed by atoms with van der Waals surface area (Å²) in [7, 11) is -3.92. The number of benzene rings is 1. The predicted molar refractivity (Wildman–Crippen MR) is 81.9 cm³/mol. The number of sulfonamides is 1. The molecule has 1 aromatic rings. The second-order valence-corrected chi connectivity index (χ2v) is 7.25. The van der Waals surface area contributed by atoms with E-state index >= 15 is 0 Å². The Morgan fingerprint density at radius 1 is 1.43 bits per heavy atom. The molecular weight excluding hydrogens is 337 g/mol. The van der Waals surface area contributed by atoms with Gasteiger partial charge in [0.05, 0.1) is 15.7 Å². The second kappa shape index (κ2) is 6.00. The number of nitrogens with one attached hydrogen (secondary N) is 1. The molecule has 1 amide bonds. The van der Waals surface area contributed by atoms with Gasteiger partial charge >= 0.3 is 0 Å². The normalized spacial score (nSPS) is 20.3. The molecule has 1 atom stereocenters. The number of carbonyl (C=O) groups excluding carboxylic acids is 1. The molecule has 1 aliphatic rings. The molecule has 0 spiro atoms. The number of halogens is 2. The zero-order valence-electron chi connectivity index (χ0n) is 11.3. The first-order valence-corrected chi connectivity index (χ1v) is 8.53. The van der Waals surface area contributed by atoms with Crippen molar-refractivity contribution in [2.45, 2.75) is 24.3 Å². The summed E-state index contributed by atoms with van der Waals surface area (Å²) in [6.07, 6.45) is 0.367. The maximum Gasteiger partial charge on any atom is 0.245 e. The Bertz CT molecular complexity index is 679. The molecule has 1 unspecified atom stereocenters. The van der Waals surface area contributed by atoms with E-state index in [2.05, 4.69) is 5.32 Å². The predicted octanol–water partition coefficient (Wildman–Crippen LogP) is 1.47. The molecule has 2 rings (SSSR count). The molecule has 0 aliphatic carbocycles. The summed E-state index contributed by atoms with van der Waals surface area (Å²) in [5, 5.41) is 2.71. The van der Waals surface area contributed by atoms with Crippen LogP contribution in [0.3, 0.4) is 0 Å². The van der Waals surface area contributed by atoms with Gasteiger partial charge in [0.15, 0.2) is 0 Å². The molecule has 116 valence electrons. The van der Waals surface area contributed by atoms with Crippen molar-refractivity contribution >= 4 is 44.8 Å². The Morgan fingerprint density at radius 2 is 2.10 bits per heavy atom. The van der Waals surface area contributed by atoms with E-state index in [9.17, 15) is 13.2 Å². The molecule has 0 saturated carbocycles. The summed E-state index contributed by atoms with van der Waals surface area (Å²) in [4.78, 5) is 11.7. The molecule has 0 bridgehead atoms. The number of amides is 1. The molecule has 1 saturated heterocycles. The zero-order valence-corrected chi connectivity index (χ0v) is 13.6. The second-order valence-electron chi connectivity index (χ2n) is 4.60. The third kappa shape index (κ3) is 2.83. The lowest BCUT2D eigenvalue weighted by Crippen LogP contribution is -2.56. The zero-order chi connectivity index (χ0) is 15.8. The minimum absolute atomic E-state index is 0.00826. The average Bonchev–Trinajstić information content (AvgIpc) is 2.44. The molecule has 21 heavy (non-hydrogen) atoms. The number of carbonyl (C=O) groups is 1. The lowest BCUT2D eigenvalue weighted by Gasteiger charge is -2.33. The monoisotopic (exact) mass is 351 g/mol. The molecule has 9 heteroatoms. The fourth-order valence-corrected chi connectivity index (χ4v) is 4.65. The average molecular weight is 352 g/mol. The third-order valence-electron chi connectivity index (χ3n) is 3.35. The van der Waals surface area contributed by atoms with Gasteiger partial charge in [0, 0.05) is 13.1 Å². The number of rotatable bonds is 3. The Labute approximate surface area is 133 Å². The molecule has 1 aliphatic heterocycles. The van der Waals surface area contributed by atoms with Crippen LogP contribution in [0.4, 0.5) is 5.69 Å². The van der Waals surface area contributed by atoms with Crippen LogP contribution in [0.25, 0.3) is 0 Å². The molecule has 1 aromatic carbocycles. The van der Waals surface area contributed by atoms with Crippen LogP contribution in [0.1, 0.15) is 13.3 Å². The van der Waals surface area contributed by atoms with Crippen LogP contribution in [0.5, 0.6) is 0 Å². The number of anilines is 1. The molecule has 0 radical (unpaired) electrons. The number of piperazine rings is 1. The van der Waals surface area contributed by atoms with E-state index in [0.717, 1.165) is 4.31 Å². The molecular formula is C12H15Cl2N3O3S. The summed E-state index contributed by atoms with van der Waals surface area (Å²) in [6.45, 7) is 2.19. The fourth-order valence-electron chi connectivity index (χ4n) is 2.25. The standard InChI is InChI=1S/C12H15Cl2N3O3S/c1-2-8-12(18)16-5-6-17(8)21(19,20)9-4-3-7(13)11(15)10(9)14/h3-4,8H,2,5-6,15H2,1H3,(H,16,18). The highest BCUT2D eigenvalue weighted by Gasteiger charge is 2.38. The highest BCUT2D eigenvalue weighted by molar-refractivity contribution is 7.89. The third-order valence-corrected chi connectivity index (χ3v) is 6.15. The van der Waals surface area contributed by atoms with Crippen LogP contribution in [0.15, 0.2) is 17.0 Å². The van der Waals surface area contributed by atoms with Crippen LogP contribution in [0, 0.1) is 0 Å². The van der Waals surface area contributed by atoms with E-state index in [4.69, 9.17) is 28.9 Å². The molecule has 0 aromatic heterocycles. The quantitative estimate of drug-likeness (QED) is 0.806. The topological polar surface area (TPSA) is 92.5 Å². The van der Waals surface area contributed by atoms with Gasteiger partial charge in [0.2, 0.25) is 15.9 Å². The van der Waals surface area contributed by atoms with Crippen molar-refractivity contribution in [1.29, 1.82) is 0 Å². The van der Waals surface area contributed by atoms with Gasteiger partial charge in [-0.3, -0.25) is 4.79 Å². The summed E-state index contributed by atoms with van der Waals surface area (Å²) in [6, 6.07) is 1.92. The first kappa shape index (κ1) is 16.4. The first-order valence-electron chi connectivity index (χ1n) is 6.33. The number of hydrogen-bond donors (Lipinski definition) is 2. The van der Waals surface area contributed by atoms with Gasteiger partial charge in [0.1, 0.15) is 10.9 Å². The minimum atomic E-state index is -3.92. The van der Waals surface area contributed by atoms with Gasteiger partial charge in [-0.2, -0.15) is 4.31 Å². The van der Waals surface area contributed by atoms with E-state index < -0.39 is 16.1 Å². The van der Waals surface area contributed by atoms with Crippen molar-refractivity contribution in [3.63, 3.8) is 0 Å². The lowest BCUT2D eigenvalue weighted by molar-refractivity contribution is -0.126. The van der Waals surface area contributed by atoms with Crippen molar-refractivity contribution in [3.8, 4) is 0 Å². The van der Waals surface area contributed by atoms with Gasteiger partial charge in [0.25, 0.3) is 0 Å². The van der Waals surface area contributed by atoms with E-state index in [1.807, 2.05) is 0 Å². The maximum atomic E-state index is 12.7. The Morgan fingerprint density at radius 3 is 2.71 bits per heavy atom. The van der Waals surface area contributed by atoms with Gasteiger partial charge in [-0.25, -0.2) is 8.42 Å². The van der Waals surface area contributed by atoms with Gasteiger partial charge in [-0.15, -0.1) is 0 Å².